The van der Waals surface area contributed by atoms with Gasteiger partial charge in [-0.1, -0.05) is 36.4 Å². The Morgan fingerprint density at radius 3 is 2.75 bits per heavy atom. The molecule has 1 saturated heterocycles. The first-order valence-electron chi connectivity index (χ1n) is 9.23. The molecule has 1 atom stereocenters. The van der Waals surface area contributed by atoms with E-state index in [9.17, 15) is 0 Å². The van der Waals surface area contributed by atoms with Crippen molar-refractivity contribution in [1.29, 1.82) is 0 Å². The number of nitrogens with one attached hydrogen (secondary N) is 2. The lowest BCUT2D eigenvalue weighted by Gasteiger charge is -2.21. The van der Waals surface area contributed by atoms with Gasteiger partial charge in [-0.3, -0.25) is 4.99 Å². The van der Waals surface area contributed by atoms with Gasteiger partial charge in [-0.05, 0) is 45.6 Å². The maximum atomic E-state index is 5.21. The van der Waals surface area contributed by atoms with Crippen molar-refractivity contribution in [2.24, 2.45) is 4.99 Å². The molecule has 0 spiro atoms. The first-order valence-corrected chi connectivity index (χ1v) is 10.0. The van der Waals surface area contributed by atoms with Crippen LogP contribution < -0.4 is 15.5 Å². The molecule has 1 unspecified atom stereocenters. The molecule has 2 aromatic carbocycles. The van der Waals surface area contributed by atoms with Gasteiger partial charge in [0.25, 0.3) is 0 Å². The van der Waals surface area contributed by atoms with Crippen molar-refractivity contribution in [3.63, 3.8) is 0 Å². The van der Waals surface area contributed by atoms with Gasteiger partial charge in [0.1, 0.15) is 0 Å². The summed E-state index contributed by atoms with van der Waals surface area (Å²) in [6.07, 6.45) is 1.09. The van der Waals surface area contributed by atoms with Gasteiger partial charge in [0.2, 0.25) is 0 Å². The van der Waals surface area contributed by atoms with Gasteiger partial charge in [-0.25, -0.2) is 0 Å². The second-order valence-electron chi connectivity index (χ2n) is 6.71. The summed E-state index contributed by atoms with van der Waals surface area (Å²) in [6, 6.07) is 17.2. The third-order valence-electron chi connectivity index (χ3n) is 4.71. The monoisotopic (exact) mass is 558 g/mol. The molecule has 1 aliphatic heterocycles. The molecule has 0 aliphatic carbocycles. The van der Waals surface area contributed by atoms with Crippen LogP contribution in [0.4, 0.5) is 5.69 Å². The number of nitrogens with zero attached hydrogens (tertiary/aromatic N) is 2. The fraction of sp³-hybridized carbons (Fsp3) is 0.381. The number of benzene rings is 2. The molecule has 0 bridgehead atoms. The highest BCUT2D eigenvalue weighted by molar-refractivity contribution is 14.0. The first kappa shape index (κ1) is 23.0. The van der Waals surface area contributed by atoms with Gasteiger partial charge >= 0.3 is 0 Å². The lowest BCUT2D eigenvalue weighted by molar-refractivity contribution is 0.185. The van der Waals surface area contributed by atoms with Crippen LogP contribution in [0.2, 0.25) is 0 Å². The SMILES string of the molecule is CN=C(NCc1cccc(COC)c1)NC1CCN(c2ccccc2Br)C1.I. The molecule has 0 saturated carbocycles. The van der Waals surface area contributed by atoms with Crippen molar-refractivity contribution in [3.8, 4) is 0 Å². The molecule has 0 radical (unpaired) electrons. The minimum atomic E-state index is 0. The highest BCUT2D eigenvalue weighted by atomic mass is 127. The van der Waals surface area contributed by atoms with Gasteiger partial charge in [-0.15, -0.1) is 24.0 Å². The minimum absolute atomic E-state index is 0. The number of aliphatic imine (C=N–C) groups is 1. The van der Waals surface area contributed by atoms with Crippen LogP contribution in [0.3, 0.4) is 0 Å². The number of ether oxygens (including phenoxy) is 1. The zero-order valence-corrected chi connectivity index (χ0v) is 20.2. The van der Waals surface area contributed by atoms with Crippen LogP contribution in [0.15, 0.2) is 58.0 Å². The third kappa shape index (κ3) is 6.35. The third-order valence-corrected chi connectivity index (χ3v) is 5.38. The highest BCUT2D eigenvalue weighted by Crippen LogP contribution is 2.28. The standard InChI is InChI=1S/C21H27BrN4O.HI/c1-23-21(24-13-16-6-5-7-17(12-16)15-27-2)25-18-10-11-26(14-18)20-9-4-3-8-19(20)22;/h3-9,12,18H,10-11,13-15H2,1-2H3,(H2,23,24,25);1H. The minimum Gasteiger partial charge on any atom is -0.380 e. The molecule has 3 rings (SSSR count). The Bertz CT molecular complexity index is 787. The Morgan fingerprint density at radius 1 is 1.21 bits per heavy atom. The van der Waals surface area contributed by atoms with Crippen molar-refractivity contribution < 1.29 is 4.74 Å². The number of hydrogen-bond donors (Lipinski definition) is 2. The topological polar surface area (TPSA) is 48.9 Å². The second-order valence-corrected chi connectivity index (χ2v) is 7.56. The van der Waals surface area contributed by atoms with E-state index in [2.05, 4.69) is 78.9 Å². The summed E-state index contributed by atoms with van der Waals surface area (Å²) < 4.78 is 6.35. The van der Waals surface area contributed by atoms with E-state index in [-0.39, 0.29) is 24.0 Å². The molecular weight excluding hydrogens is 531 g/mol. The molecule has 152 valence electrons. The van der Waals surface area contributed by atoms with Crippen LogP contribution >= 0.6 is 39.9 Å². The number of rotatable bonds is 6. The van der Waals surface area contributed by atoms with Crippen LogP contribution in [-0.2, 0) is 17.9 Å². The van der Waals surface area contributed by atoms with E-state index in [1.165, 1.54) is 16.8 Å². The van der Waals surface area contributed by atoms with Crippen LogP contribution in [-0.4, -0.2) is 39.2 Å². The summed E-state index contributed by atoms with van der Waals surface area (Å²) >= 11 is 3.65. The largest absolute Gasteiger partial charge is 0.380 e. The van der Waals surface area contributed by atoms with Gasteiger partial charge in [0.15, 0.2) is 5.96 Å². The van der Waals surface area contributed by atoms with Gasteiger partial charge in [0, 0.05) is 44.3 Å². The predicted molar refractivity (Wildman–Crippen MR) is 131 cm³/mol. The number of para-hydroxylation sites is 1. The zero-order valence-electron chi connectivity index (χ0n) is 16.3. The number of guanidine groups is 1. The number of anilines is 1. The van der Waals surface area contributed by atoms with E-state index in [4.69, 9.17) is 4.74 Å². The van der Waals surface area contributed by atoms with Crippen molar-refractivity contribution >= 4 is 51.6 Å². The Balaban J connectivity index is 0.00000280. The fourth-order valence-corrected chi connectivity index (χ4v) is 3.91. The molecule has 1 aliphatic rings. The summed E-state index contributed by atoms with van der Waals surface area (Å²) in [7, 11) is 3.53. The molecule has 2 aromatic rings. The number of methoxy groups -OCH3 is 1. The maximum Gasteiger partial charge on any atom is 0.191 e. The molecule has 5 nitrogen and oxygen atoms in total. The summed E-state index contributed by atoms with van der Waals surface area (Å²) in [6.45, 7) is 3.37. The van der Waals surface area contributed by atoms with Crippen molar-refractivity contribution in [1.82, 2.24) is 10.6 Å². The van der Waals surface area contributed by atoms with Crippen LogP contribution in [0.5, 0.6) is 0 Å². The van der Waals surface area contributed by atoms with Crippen molar-refractivity contribution in [3.05, 3.63) is 64.1 Å². The smallest absolute Gasteiger partial charge is 0.191 e. The lowest BCUT2D eigenvalue weighted by atomic mass is 10.1. The highest BCUT2D eigenvalue weighted by Gasteiger charge is 2.24. The second kappa shape index (κ2) is 11.6. The predicted octanol–water partition coefficient (Wildman–Crippen LogP) is 4.16. The van der Waals surface area contributed by atoms with E-state index in [1.54, 1.807) is 7.11 Å². The van der Waals surface area contributed by atoms with Crippen molar-refractivity contribution in [2.45, 2.75) is 25.6 Å². The molecule has 7 heteroatoms. The fourth-order valence-electron chi connectivity index (χ4n) is 3.37. The molecule has 0 aromatic heterocycles. The Hall–Kier alpha value is -1.32. The van der Waals surface area contributed by atoms with Crippen LogP contribution in [0.1, 0.15) is 17.5 Å². The van der Waals surface area contributed by atoms with E-state index in [0.29, 0.717) is 12.6 Å². The molecular formula is C21H28BrIN4O. The molecule has 1 fully saturated rings. The van der Waals surface area contributed by atoms with E-state index < -0.39 is 0 Å². The molecule has 28 heavy (non-hydrogen) atoms. The Morgan fingerprint density at radius 2 is 2.00 bits per heavy atom. The lowest BCUT2D eigenvalue weighted by Crippen LogP contribution is -2.44. The first-order chi connectivity index (χ1) is 13.2. The van der Waals surface area contributed by atoms with Crippen LogP contribution in [0, 0.1) is 0 Å². The van der Waals surface area contributed by atoms with Gasteiger partial charge in [-0.2, -0.15) is 0 Å². The summed E-state index contributed by atoms with van der Waals surface area (Å²) in [5, 5.41) is 6.97. The molecule has 2 N–H and O–H groups in total. The van der Waals surface area contributed by atoms with E-state index >= 15 is 0 Å². The maximum absolute atomic E-state index is 5.21. The van der Waals surface area contributed by atoms with E-state index in [1.807, 2.05) is 13.1 Å². The molecule has 0 amide bonds. The summed E-state index contributed by atoms with van der Waals surface area (Å²) in [4.78, 5) is 6.79. The quantitative estimate of drug-likeness (QED) is 0.317. The average molecular weight is 559 g/mol. The average Bonchev–Trinajstić information content (AvgIpc) is 3.14. The van der Waals surface area contributed by atoms with Gasteiger partial charge in [0.05, 0.1) is 12.3 Å². The normalized spacial score (nSPS) is 16.6. The summed E-state index contributed by atoms with van der Waals surface area (Å²) in [5.74, 6) is 0.839. The number of hydrogen-bond acceptors (Lipinski definition) is 3. The summed E-state index contributed by atoms with van der Waals surface area (Å²) in [5.41, 5.74) is 3.65. The number of halogens is 2. The Kier molecular flexibility index (Phi) is 9.53. The zero-order chi connectivity index (χ0) is 19.1. The van der Waals surface area contributed by atoms with Crippen LogP contribution in [0.25, 0.3) is 0 Å². The van der Waals surface area contributed by atoms with Gasteiger partial charge < -0.3 is 20.3 Å². The Labute approximate surface area is 193 Å². The van der Waals surface area contributed by atoms with E-state index in [0.717, 1.165) is 36.5 Å². The van der Waals surface area contributed by atoms with Crippen molar-refractivity contribution in [2.75, 3.05) is 32.1 Å². The molecule has 1 heterocycles.